The zero-order valence-corrected chi connectivity index (χ0v) is 15.4. The number of aromatic amines is 1. The lowest BCUT2D eigenvalue weighted by molar-refractivity contribution is 0.101. The zero-order chi connectivity index (χ0) is 18.3. The average molecular weight is 362 g/mol. The zero-order valence-electron chi connectivity index (χ0n) is 14.5. The van der Waals surface area contributed by atoms with Crippen molar-refractivity contribution >= 4 is 23.4 Å². The van der Waals surface area contributed by atoms with E-state index in [0.29, 0.717) is 22.5 Å². The second kappa shape index (κ2) is 6.50. The molecule has 0 atom stereocenters. The van der Waals surface area contributed by atoms with Crippen LogP contribution in [0.3, 0.4) is 0 Å². The number of carbonyl (C=O) groups is 1. The van der Waals surface area contributed by atoms with Crippen LogP contribution in [-0.2, 0) is 0 Å². The molecular formula is C21H18N2O2S. The minimum Gasteiger partial charge on any atom is -0.494 e. The van der Waals surface area contributed by atoms with Gasteiger partial charge in [0.1, 0.15) is 0 Å². The average Bonchev–Trinajstić information content (AvgIpc) is 3.16. The van der Waals surface area contributed by atoms with Gasteiger partial charge >= 0.3 is 0 Å². The molecule has 2 N–H and O–H groups in total. The van der Waals surface area contributed by atoms with Gasteiger partial charge in [-0.15, -0.1) is 11.8 Å². The molecular weight excluding hydrogens is 344 g/mol. The first-order valence-corrected chi connectivity index (χ1v) is 9.45. The summed E-state index contributed by atoms with van der Waals surface area (Å²) in [6.07, 6.45) is 0. The Morgan fingerprint density at radius 3 is 2.31 bits per heavy atom. The van der Waals surface area contributed by atoms with E-state index in [1.165, 1.54) is 4.90 Å². The number of thioether (sulfide) groups is 1. The Hall–Kier alpha value is -2.79. The lowest BCUT2D eigenvalue weighted by Crippen LogP contribution is -1.99. The van der Waals surface area contributed by atoms with Gasteiger partial charge in [-0.05, 0) is 30.4 Å². The summed E-state index contributed by atoms with van der Waals surface area (Å²) in [5.41, 5.74) is 4.86. The highest BCUT2D eigenvalue weighted by Gasteiger charge is 2.33. The molecule has 3 aromatic rings. The molecule has 26 heavy (non-hydrogen) atoms. The predicted molar refractivity (Wildman–Crippen MR) is 105 cm³/mol. The summed E-state index contributed by atoms with van der Waals surface area (Å²) in [6.45, 7) is 4.11. The normalized spacial score (nSPS) is 13.0. The van der Waals surface area contributed by atoms with Crippen LogP contribution < -0.4 is 0 Å². The van der Waals surface area contributed by atoms with Crippen molar-refractivity contribution in [1.82, 2.24) is 4.98 Å². The van der Waals surface area contributed by atoms with Crippen LogP contribution in [0.2, 0.25) is 0 Å². The van der Waals surface area contributed by atoms with Crippen molar-refractivity contribution in [2.45, 2.75) is 18.7 Å². The van der Waals surface area contributed by atoms with Gasteiger partial charge in [0.2, 0.25) is 0 Å². The summed E-state index contributed by atoms with van der Waals surface area (Å²) >= 11 is 1.76. The summed E-state index contributed by atoms with van der Waals surface area (Å²) in [5, 5.41) is 10.5. The molecule has 4 rings (SSSR count). The van der Waals surface area contributed by atoms with Crippen LogP contribution >= 0.6 is 11.8 Å². The van der Waals surface area contributed by atoms with E-state index < -0.39 is 0 Å². The van der Waals surface area contributed by atoms with Crippen LogP contribution in [0.25, 0.3) is 11.3 Å². The van der Waals surface area contributed by atoms with Gasteiger partial charge in [0.15, 0.2) is 5.88 Å². The summed E-state index contributed by atoms with van der Waals surface area (Å²) in [4.78, 5) is 20.9. The molecule has 0 aliphatic carbocycles. The fourth-order valence-electron chi connectivity index (χ4n) is 3.17. The highest BCUT2D eigenvalue weighted by molar-refractivity contribution is 7.99. The van der Waals surface area contributed by atoms with Crippen molar-refractivity contribution in [2.75, 3.05) is 5.75 Å². The van der Waals surface area contributed by atoms with E-state index in [-0.39, 0.29) is 11.8 Å². The van der Waals surface area contributed by atoms with Gasteiger partial charge < -0.3 is 10.1 Å². The molecule has 2 heterocycles. The Balaban J connectivity index is 1.78. The summed E-state index contributed by atoms with van der Waals surface area (Å²) in [6, 6.07) is 15.7. The molecule has 1 amide bonds. The maximum absolute atomic E-state index is 12.6. The van der Waals surface area contributed by atoms with Crippen LogP contribution in [0.1, 0.15) is 34.0 Å². The molecule has 0 radical (unpaired) electrons. The van der Waals surface area contributed by atoms with Crippen LogP contribution in [-0.4, -0.2) is 27.5 Å². The number of aromatic nitrogens is 1. The first-order valence-electron chi connectivity index (χ1n) is 8.47. The minimum atomic E-state index is -0.325. The van der Waals surface area contributed by atoms with Gasteiger partial charge in [-0.2, -0.15) is 0 Å². The Kier molecular flexibility index (Phi) is 4.17. The molecule has 0 saturated carbocycles. The first kappa shape index (κ1) is 16.7. The van der Waals surface area contributed by atoms with E-state index in [2.05, 4.69) is 16.9 Å². The van der Waals surface area contributed by atoms with Gasteiger partial charge in [-0.1, -0.05) is 48.9 Å². The number of aromatic hydroxyl groups is 1. The molecule has 0 bridgehead atoms. The molecule has 1 aromatic heterocycles. The number of H-pyrrole nitrogens is 1. The Labute approximate surface area is 156 Å². The number of aliphatic imine (C=N–C) groups is 1. The third kappa shape index (κ3) is 2.74. The predicted octanol–water partition coefficient (Wildman–Crippen LogP) is 4.80. The molecule has 0 fully saturated rings. The topological polar surface area (TPSA) is 65.4 Å². The number of carbonyl (C=O) groups excluding carboxylic acids is 1. The quantitative estimate of drug-likeness (QED) is 0.655. The summed E-state index contributed by atoms with van der Waals surface area (Å²) < 4.78 is 0. The minimum absolute atomic E-state index is 0.0211. The number of fused-ring (bicyclic) bond motifs is 1. The van der Waals surface area contributed by atoms with Crippen LogP contribution in [0.5, 0.6) is 5.88 Å². The standard InChI is InChI=1S/C21H18N2O2S/c1-3-26-15-10-8-14(9-11-15)19-17-16(20(24)23-19)18(22-21(17)25)13-6-4-12(2)5-7-13/h4-11,23-24H,3H2,1-2H3. The van der Waals surface area contributed by atoms with Crippen LogP contribution in [0, 0.1) is 6.92 Å². The van der Waals surface area contributed by atoms with Gasteiger partial charge in [0.25, 0.3) is 5.91 Å². The third-order valence-electron chi connectivity index (χ3n) is 4.42. The largest absolute Gasteiger partial charge is 0.494 e. The maximum atomic E-state index is 12.6. The molecule has 1 aliphatic rings. The molecule has 0 saturated heterocycles. The number of hydrogen-bond donors (Lipinski definition) is 2. The Bertz CT molecular complexity index is 1020. The van der Waals surface area contributed by atoms with Crippen molar-refractivity contribution in [3.63, 3.8) is 0 Å². The molecule has 4 nitrogen and oxygen atoms in total. The number of rotatable bonds is 4. The second-order valence-electron chi connectivity index (χ2n) is 6.19. The summed E-state index contributed by atoms with van der Waals surface area (Å²) in [5.74, 6) is 0.658. The van der Waals surface area contributed by atoms with Gasteiger partial charge in [-0.3, -0.25) is 4.79 Å². The lowest BCUT2D eigenvalue weighted by Gasteiger charge is -2.03. The van der Waals surface area contributed by atoms with E-state index in [4.69, 9.17) is 0 Å². The second-order valence-corrected chi connectivity index (χ2v) is 7.53. The number of nitrogens with one attached hydrogen (secondary N) is 1. The number of amides is 1. The van der Waals surface area contributed by atoms with Crippen molar-refractivity contribution in [2.24, 2.45) is 4.99 Å². The van der Waals surface area contributed by atoms with Crippen LogP contribution in [0.15, 0.2) is 58.4 Å². The SMILES string of the molecule is CCSc1ccc(-c2[nH]c(O)c3c2C(=O)N=C3c2ccc(C)cc2)cc1. The monoisotopic (exact) mass is 362 g/mol. The van der Waals surface area contributed by atoms with Crippen molar-refractivity contribution in [3.05, 3.63) is 70.8 Å². The van der Waals surface area contributed by atoms with Gasteiger partial charge in [0.05, 0.1) is 22.5 Å². The van der Waals surface area contributed by atoms with E-state index in [0.717, 1.165) is 22.4 Å². The number of benzene rings is 2. The number of hydrogen-bond acceptors (Lipinski definition) is 3. The van der Waals surface area contributed by atoms with E-state index >= 15 is 0 Å². The van der Waals surface area contributed by atoms with Crippen LogP contribution in [0.4, 0.5) is 0 Å². The molecule has 1 aliphatic heterocycles. The molecule has 5 heteroatoms. The van der Waals surface area contributed by atoms with E-state index in [9.17, 15) is 9.90 Å². The van der Waals surface area contributed by atoms with Crippen molar-refractivity contribution in [1.29, 1.82) is 0 Å². The van der Waals surface area contributed by atoms with Crippen molar-refractivity contribution < 1.29 is 9.90 Å². The summed E-state index contributed by atoms with van der Waals surface area (Å²) in [7, 11) is 0. The molecule has 0 spiro atoms. The molecule has 0 unspecified atom stereocenters. The highest BCUT2D eigenvalue weighted by Crippen LogP contribution is 2.38. The molecule has 2 aromatic carbocycles. The highest BCUT2D eigenvalue weighted by atomic mass is 32.2. The van der Waals surface area contributed by atoms with E-state index in [1.807, 2.05) is 55.5 Å². The maximum Gasteiger partial charge on any atom is 0.280 e. The fraction of sp³-hybridized carbons (Fsp3) is 0.143. The molecule has 130 valence electrons. The van der Waals surface area contributed by atoms with Gasteiger partial charge in [-0.25, -0.2) is 4.99 Å². The lowest BCUT2D eigenvalue weighted by atomic mass is 9.99. The first-order chi connectivity index (χ1) is 12.6. The Morgan fingerprint density at radius 1 is 1.00 bits per heavy atom. The van der Waals surface area contributed by atoms with Crippen molar-refractivity contribution in [3.8, 4) is 17.1 Å². The fourth-order valence-corrected chi connectivity index (χ4v) is 3.83. The number of aryl methyl sites for hydroxylation is 1. The van der Waals surface area contributed by atoms with Gasteiger partial charge in [0, 0.05) is 10.5 Å². The smallest absolute Gasteiger partial charge is 0.280 e. The number of nitrogens with zero attached hydrogens (tertiary/aromatic N) is 1. The Morgan fingerprint density at radius 2 is 1.65 bits per heavy atom. The van der Waals surface area contributed by atoms with E-state index in [1.54, 1.807) is 11.8 Å². The third-order valence-corrected chi connectivity index (χ3v) is 5.32.